The Kier molecular flexibility index (Phi) is 4.95. The number of thiophene rings is 1. The van der Waals surface area contributed by atoms with Crippen LogP contribution in [-0.2, 0) is 11.3 Å². The van der Waals surface area contributed by atoms with Gasteiger partial charge in [-0.25, -0.2) is 0 Å². The van der Waals surface area contributed by atoms with Crippen molar-refractivity contribution in [2.24, 2.45) is 5.41 Å². The summed E-state index contributed by atoms with van der Waals surface area (Å²) in [5, 5.41) is 5.97. The van der Waals surface area contributed by atoms with Crippen LogP contribution < -0.4 is 10.6 Å². The fourth-order valence-electron chi connectivity index (χ4n) is 1.36. The minimum atomic E-state index is -0.372. The van der Waals surface area contributed by atoms with Gasteiger partial charge in [-0.1, -0.05) is 0 Å². The molecule has 1 rings (SSSR count). The number of hydrogen-bond acceptors (Lipinski definition) is 3. The molecule has 1 amide bonds. The zero-order chi connectivity index (χ0) is 12.2. The third-order valence-corrected chi connectivity index (χ3v) is 3.96. The van der Waals surface area contributed by atoms with Crippen LogP contribution in [0.2, 0.25) is 0 Å². The van der Waals surface area contributed by atoms with E-state index in [0.29, 0.717) is 6.54 Å². The van der Waals surface area contributed by atoms with E-state index in [9.17, 15) is 4.79 Å². The van der Waals surface area contributed by atoms with Gasteiger partial charge in [-0.3, -0.25) is 4.79 Å². The van der Waals surface area contributed by atoms with Crippen LogP contribution in [0.4, 0.5) is 0 Å². The maximum Gasteiger partial charge on any atom is 0.226 e. The van der Waals surface area contributed by atoms with Crippen molar-refractivity contribution in [3.63, 3.8) is 0 Å². The van der Waals surface area contributed by atoms with E-state index in [1.807, 2.05) is 19.9 Å². The first-order valence-corrected chi connectivity index (χ1v) is 6.74. The lowest BCUT2D eigenvalue weighted by atomic mass is 9.92. The Morgan fingerprint density at radius 1 is 1.50 bits per heavy atom. The average molecular weight is 305 g/mol. The highest BCUT2D eigenvalue weighted by Gasteiger charge is 2.25. The summed E-state index contributed by atoms with van der Waals surface area (Å²) >= 11 is 5.13. The molecule has 90 valence electrons. The Labute approximate surface area is 109 Å². The van der Waals surface area contributed by atoms with Crippen molar-refractivity contribution in [1.82, 2.24) is 10.6 Å². The molecule has 0 atom stereocenters. The summed E-state index contributed by atoms with van der Waals surface area (Å²) in [5.74, 6) is 0.0624. The first kappa shape index (κ1) is 13.7. The summed E-state index contributed by atoms with van der Waals surface area (Å²) in [5.41, 5.74) is -0.372. The Hall–Kier alpha value is -0.390. The molecule has 0 aliphatic carbocycles. The molecule has 0 aromatic carbocycles. The molecule has 0 aliphatic heterocycles. The minimum absolute atomic E-state index is 0.0624. The van der Waals surface area contributed by atoms with Gasteiger partial charge in [-0.2, -0.15) is 0 Å². The van der Waals surface area contributed by atoms with Crippen molar-refractivity contribution in [1.29, 1.82) is 0 Å². The van der Waals surface area contributed by atoms with Gasteiger partial charge in [0.1, 0.15) is 0 Å². The second-order valence-corrected chi connectivity index (χ2v) is 6.82. The van der Waals surface area contributed by atoms with Gasteiger partial charge in [0, 0.05) is 25.0 Å². The molecule has 0 radical (unpaired) electrons. The fraction of sp³-hybridized carbons (Fsp3) is 0.545. The Morgan fingerprint density at radius 3 is 2.69 bits per heavy atom. The van der Waals surface area contributed by atoms with Crippen molar-refractivity contribution < 1.29 is 4.79 Å². The van der Waals surface area contributed by atoms with Crippen LogP contribution in [0.25, 0.3) is 0 Å². The molecule has 0 saturated carbocycles. The Balaban J connectivity index is 2.38. The Morgan fingerprint density at radius 2 is 2.19 bits per heavy atom. The van der Waals surface area contributed by atoms with Crippen molar-refractivity contribution in [2.45, 2.75) is 20.4 Å². The maximum atomic E-state index is 11.5. The molecule has 0 fully saturated rings. The second-order valence-electron chi connectivity index (χ2n) is 4.27. The predicted molar refractivity (Wildman–Crippen MR) is 71.6 cm³/mol. The van der Waals surface area contributed by atoms with Gasteiger partial charge in [0.15, 0.2) is 0 Å². The molecular formula is C11H17BrN2OS. The molecule has 16 heavy (non-hydrogen) atoms. The van der Waals surface area contributed by atoms with Crippen LogP contribution in [-0.4, -0.2) is 19.5 Å². The Bertz CT molecular complexity index is 363. The molecule has 3 nitrogen and oxygen atoms in total. The molecule has 1 aromatic heterocycles. The normalized spacial score (nSPS) is 11.5. The monoisotopic (exact) mass is 304 g/mol. The summed E-state index contributed by atoms with van der Waals surface area (Å²) in [7, 11) is 1.67. The van der Waals surface area contributed by atoms with Gasteiger partial charge in [-0.05, 0) is 41.9 Å². The molecular weight excluding hydrogens is 288 g/mol. The van der Waals surface area contributed by atoms with E-state index in [1.165, 1.54) is 4.88 Å². The van der Waals surface area contributed by atoms with Crippen molar-refractivity contribution >= 4 is 33.2 Å². The molecule has 5 heteroatoms. The first-order valence-electron chi connectivity index (χ1n) is 5.13. The van der Waals surface area contributed by atoms with Crippen LogP contribution in [0, 0.1) is 5.41 Å². The standard InChI is InChI=1S/C11H17BrN2OS/c1-11(2,10(15)13-3)7-14-6-8-4-5-9(12)16-8/h4-5,14H,6-7H2,1-3H3,(H,13,15). The summed E-state index contributed by atoms with van der Waals surface area (Å²) < 4.78 is 1.13. The topological polar surface area (TPSA) is 41.1 Å². The summed E-state index contributed by atoms with van der Waals surface area (Å²) in [6, 6.07) is 4.11. The highest BCUT2D eigenvalue weighted by Crippen LogP contribution is 2.22. The third kappa shape index (κ3) is 3.88. The minimum Gasteiger partial charge on any atom is -0.359 e. The van der Waals surface area contributed by atoms with Gasteiger partial charge in [0.2, 0.25) is 5.91 Å². The van der Waals surface area contributed by atoms with Crippen LogP contribution in [0.3, 0.4) is 0 Å². The molecule has 0 aliphatic rings. The SMILES string of the molecule is CNC(=O)C(C)(C)CNCc1ccc(Br)s1. The number of halogens is 1. The highest BCUT2D eigenvalue weighted by atomic mass is 79.9. The number of carbonyl (C=O) groups excluding carboxylic acids is 1. The van der Waals surface area contributed by atoms with Gasteiger partial charge in [0.05, 0.1) is 9.20 Å². The molecule has 0 bridgehead atoms. The molecule has 0 saturated heterocycles. The fourth-order valence-corrected chi connectivity index (χ4v) is 2.82. The molecule has 0 spiro atoms. The highest BCUT2D eigenvalue weighted by molar-refractivity contribution is 9.11. The van der Waals surface area contributed by atoms with Crippen molar-refractivity contribution in [3.8, 4) is 0 Å². The number of nitrogens with one attached hydrogen (secondary N) is 2. The van der Waals surface area contributed by atoms with Crippen molar-refractivity contribution in [3.05, 3.63) is 20.8 Å². The summed E-state index contributed by atoms with van der Waals surface area (Å²) in [4.78, 5) is 12.8. The molecule has 1 aromatic rings. The number of amides is 1. The zero-order valence-electron chi connectivity index (χ0n) is 9.76. The zero-order valence-corrected chi connectivity index (χ0v) is 12.2. The van der Waals surface area contributed by atoms with Gasteiger partial charge < -0.3 is 10.6 Å². The first-order chi connectivity index (χ1) is 7.45. The molecule has 2 N–H and O–H groups in total. The van der Waals surface area contributed by atoms with Crippen LogP contribution in [0.5, 0.6) is 0 Å². The molecule has 0 unspecified atom stereocenters. The smallest absolute Gasteiger partial charge is 0.226 e. The van der Waals surface area contributed by atoms with Gasteiger partial charge >= 0.3 is 0 Å². The summed E-state index contributed by atoms with van der Waals surface area (Å²) in [6.07, 6.45) is 0. The van der Waals surface area contributed by atoms with Gasteiger partial charge in [0.25, 0.3) is 0 Å². The summed E-state index contributed by atoms with van der Waals surface area (Å²) in [6.45, 7) is 5.34. The van der Waals surface area contributed by atoms with E-state index < -0.39 is 0 Å². The average Bonchev–Trinajstić information content (AvgIpc) is 2.62. The lowest BCUT2D eigenvalue weighted by Crippen LogP contribution is -2.41. The van der Waals surface area contributed by atoms with Crippen LogP contribution in [0.15, 0.2) is 15.9 Å². The quantitative estimate of drug-likeness (QED) is 0.877. The maximum absolute atomic E-state index is 11.5. The van der Waals surface area contributed by atoms with E-state index in [2.05, 4.69) is 32.6 Å². The van der Waals surface area contributed by atoms with Gasteiger partial charge in [-0.15, -0.1) is 11.3 Å². The van der Waals surface area contributed by atoms with E-state index in [4.69, 9.17) is 0 Å². The lowest BCUT2D eigenvalue weighted by molar-refractivity contribution is -0.128. The van der Waals surface area contributed by atoms with E-state index in [0.717, 1.165) is 10.3 Å². The van der Waals surface area contributed by atoms with Crippen LogP contribution >= 0.6 is 27.3 Å². The van der Waals surface area contributed by atoms with E-state index >= 15 is 0 Å². The second kappa shape index (κ2) is 5.80. The van der Waals surface area contributed by atoms with Crippen molar-refractivity contribution in [2.75, 3.05) is 13.6 Å². The molecule has 1 heterocycles. The third-order valence-electron chi connectivity index (χ3n) is 2.34. The lowest BCUT2D eigenvalue weighted by Gasteiger charge is -2.22. The predicted octanol–water partition coefficient (Wildman–Crippen LogP) is 2.37. The number of rotatable bonds is 5. The number of hydrogen-bond donors (Lipinski definition) is 2. The van der Waals surface area contributed by atoms with E-state index in [-0.39, 0.29) is 11.3 Å². The van der Waals surface area contributed by atoms with E-state index in [1.54, 1.807) is 18.4 Å². The largest absolute Gasteiger partial charge is 0.359 e. The number of carbonyl (C=O) groups is 1. The van der Waals surface area contributed by atoms with Crippen LogP contribution in [0.1, 0.15) is 18.7 Å².